The first-order valence-electron chi connectivity index (χ1n) is 7.48. The molecule has 0 aliphatic heterocycles. The maximum Gasteiger partial charge on any atom is 0.286 e. The molecule has 9 heteroatoms. The standard InChI is InChI=1S/C17H13ClN4O2S2/c18-11-6-8-13(9-7-11)19-14(23)10-25-17-22-21-16(26-17)15(24)20-12-4-2-1-3-5-12/h1-9H,10H2,(H,19,23)(H,20,24). The van der Waals surface area contributed by atoms with Gasteiger partial charge in [-0.05, 0) is 36.4 Å². The van der Waals surface area contributed by atoms with Gasteiger partial charge in [-0.15, -0.1) is 10.2 Å². The van der Waals surface area contributed by atoms with Crippen LogP contribution in [0.25, 0.3) is 0 Å². The van der Waals surface area contributed by atoms with Crippen molar-refractivity contribution in [1.29, 1.82) is 0 Å². The number of hydrogen-bond acceptors (Lipinski definition) is 6. The van der Waals surface area contributed by atoms with Gasteiger partial charge >= 0.3 is 0 Å². The van der Waals surface area contributed by atoms with E-state index in [-0.39, 0.29) is 22.6 Å². The van der Waals surface area contributed by atoms with E-state index in [2.05, 4.69) is 20.8 Å². The summed E-state index contributed by atoms with van der Waals surface area (Å²) < 4.78 is 0.550. The molecule has 0 atom stereocenters. The molecule has 1 heterocycles. The summed E-state index contributed by atoms with van der Waals surface area (Å²) in [6.45, 7) is 0. The summed E-state index contributed by atoms with van der Waals surface area (Å²) >= 11 is 8.17. The molecule has 0 fully saturated rings. The third kappa shape index (κ3) is 5.29. The number of hydrogen-bond donors (Lipinski definition) is 2. The van der Waals surface area contributed by atoms with Gasteiger partial charge in [0.25, 0.3) is 5.91 Å². The van der Waals surface area contributed by atoms with E-state index < -0.39 is 0 Å². The molecule has 0 aliphatic carbocycles. The summed E-state index contributed by atoms with van der Waals surface area (Å²) in [4.78, 5) is 24.1. The van der Waals surface area contributed by atoms with Gasteiger partial charge in [0.2, 0.25) is 10.9 Å². The fourth-order valence-corrected chi connectivity index (χ4v) is 3.60. The third-order valence-corrected chi connectivity index (χ3v) is 5.39. The van der Waals surface area contributed by atoms with Crippen molar-refractivity contribution in [1.82, 2.24) is 10.2 Å². The van der Waals surface area contributed by atoms with Gasteiger partial charge in [-0.1, -0.05) is 52.9 Å². The second kappa shape index (κ2) is 8.79. The Kier molecular flexibility index (Phi) is 6.21. The molecule has 0 saturated heterocycles. The molecule has 0 radical (unpaired) electrons. The Labute approximate surface area is 163 Å². The number of thioether (sulfide) groups is 1. The second-order valence-corrected chi connectivity index (χ2v) is 7.67. The predicted octanol–water partition coefficient (Wildman–Crippen LogP) is 4.17. The summed E-state index contributed by atoms with van der Waals surface area (Å²) in [5.74, 6) is -0.341. The van der Waals surface area contributed by atoms with Gasteiger partial charge in [0.05, 0.1) is 5.75 Å². The zero-order chi connectivity index (χ0) is 18.4. The Morgan fingerprint density at radius 2 is 1.65 bits per heavy atom. The summed E-state index contributed by atoms with van der Waals surface area (Å²) in [6, 6.07) is 15.9. The van der Waals surface area contributed by atoms with Crippen LogP contribution in [0.4, 0.5) is 11.4 Å². The van der Waals surface area contributed by atoms with E-state index in [1.807, 2.05) is 18.2 Å². The van der Waals surface area contributed by atoms with Gasteiger partial charge in [-0.25, -0.2) is 0 Å². The van der Waals surface area contributed by atoms with Crippen molar-refractivity contribution >= 4 is 57.9 Å². The van der Waals surface area contributed by atoms with Crippen LogP contribution in [0.1, 0.15) is 9.80 Å². The average Bonchev–Trinajstić information content (AvgIpc) is 3.12. The number of halogens is 1. The number of carbonyl (C=O) groups is 2. The number of nitrogens with zero attached hydrogens (tertiary/aromatic N) is 2. The minimum absolute atomic E-state index is 0.164. The van der Waals surface area contributed by atoms with Gasteiger partial charge in [0.15, 0.2) is 4.34 Å². The van der Waals surface area contributed by atoms with E-state index in [0.717, 1.165) is 11.3 Å². The molecule has 26 heavy (non-hydrogen) atoms. The molecular weight excluding hydrogens is 392 g/mol. The molecule has 0 unspecified atom stereocenters. The summed E-state index contributed by atoms with van der Waals surface area (Å²) in [7, 11) is 0. The molecular formula is C17H13ClN4O2S2. The SMILES string of the molecule is O=C(CSc1nnc(C(=O)Nc2ccccc2)s1)Nc1ccc(Cl)cc1. The van der Waals surface area contributed by atoms with Crippen LogP contribution < -0.4 is 10.6 Å². The lowest BCUT2D eigenvalue weighted by Crippen LogP contribution is -2.13. The zero-order valence-corrected chi connectivity index (χ0v) is 15.7. The molecule has 3 aromatic rings. The number of nitrogens with one attached hydrogen (secondary N) is 2. The Hall–Kier alpha value is -2.42. The number of para-hydroxylation sites is 1. The van der Waals surface area contributed by atoms with Crippen LogP contribution in [0, 0.1) is 0 Å². The summed E-state index contributed by atoms with van der Waals surface area (Å²) in [5.41, 5.74) is 1.35. The normalized spacial score (nSPS) is 10.3. The second-order valence-electron chi connectivity index (χ2n) is 5.04. The van der Waals surface area contributed by atoms with E-state index in [1.165, 1.54) is 11.8 Å². The molecule has 0 saturated carbocycles. The quantitative estimate of drug-likeness (QED) is 0.602. The fourth-order valence-electron chi connectivity index (χ4n) is 1.92. The van der Waals surface area contributed by atoms with E-state index in [0.29, 0.717) is 20.7 Å². The van der Waals surface area contributed by atoms with E-state index >= 15 is 0 Å². The highest BCUT2D eigenvalue weighted by Crippen LogP contribution is 2.23. The first-order chi connectivity index (χ1) is 12.6. The van der Waals surface area contributed by atoms with Crippen LogP contribution >= 0.6 is 34.7 Å². The molecule has 0 aliphatic rings. The fraction of sp³-hybridized carbons (Fsp3) is 0.0588. The predicted molar refractivity (Wildman–Crippen MR) is 105 cm³/mol. The lowest BCUT2D eigenvalue weighted by atomic mass is 10.3. The highest BCUT2D eigenvalue weighted by atomic mass is 35.5. The lowest BCUT2D eigenvalue weighted by molar-refractivity contribution is -0.113. The van der Waals surface area contributed by atoms with Crippen molar-refractivity contribution in [2.75, 3.05) is 16.4 Å². The first-order valence-corrected chi connectivity index (χ1v) is 9.66. The van der Waals surface area contributed by atoms with Crippen molar-refractivity contribution in [2.24, 2.45) is 0 Å². The van der Waals surface area contributed by atoms with Crippen LogP contribution in [0.15, 0.2) is 58.9 Å². The zero-order valence-electron chi connectivity index (χ0n) is 13.3. The van der Waals surface area contributed by atoms with Crippen molar-refractivity contribution in [3.8, 4) is 0 Å². The highest BCUT2D eigenvalue weighted by Gasteiger charge is 2.14. The van der Waals surface area contributed by atoms with Crippen LogP contribution in [-0.2, 0) is 4.79 Å². The van der Waals surface area contributed by atoms with Crippen molar-refractivity contribution in [3.05, 3.63) is 64.6 Å². The highest BCUT2D eigenvalue weighted by molar-refractivity contribution is 8.01. The lowest BCUT2D eigenvalue weighted by Gasteiger charge is -2.03. The van der Waals surface area contributed by atoms with E-state index in [4.69, 9.17) is 11.6 Å². The topological polar surface area (TPSA) is 84.0 Å². The maximum atomic E-state index is 12.1. The number of anilines is 2. The summed E-state index contributed by atoms with van der Waals surface area (Å²) in [5, 5.41) is 14.2. The average molecular weight is 405 g/mol. The maximum absolute atomic E-state index is 12.1. The third-order valence-electron chi connectivity index (χ3n) is 3.09. The van der Waals surface area contributed by atoms with Crippen LogP contribution in [-0.4, -0.2) is 27.8 Å². The number of aromatic nitrogens is 2. The molecule has 3 rings (SSSR count). The Morgan fingerprint density at radius 3 is 2.38 bits per heavy atom. The van der Waals surface area contributed by atoms with Crippen molar-refractivity contribution in [2.45, 2.75) is 4.34 Å². The first kappa shape index (κ1) is 18.4. The van der Waals surface area contributed by atoms with Crippen LogP contribution in [0.3, 0.4) is 0 Å². The molecule has 6 nitrogen and oxygen atoms in total. The molecule has 2 amide bonds. The number of rotatable bonds is 6. The van der Waals surface area contributed by atoms with Gasteiger partial charge < -0.3 is 10.6 Å². The Bertz CT molecular complexity index is 901. The van der Waals surface area contributed by atoms with Gasteiger partial charge in [-0.2, -0.15) is 0 Å². The monoisotopic (exact) mass is 404 g/mol. The number of benzene rings is 2. The summed E-state index contributed by atoms with van der Waals surface area (Å²) in [6.07, 6.45) is 0. The van der Waals surface area contributed by atoms with Gasteiger partial charge in [0, 0.05) is 16.4 Å². The molecule has 0 spiro atoms. The molecule has 2 N–H and O–H groups in total. The Morgan fingerprint density at radius 1 is 0.962 bits per heavy atom. The van der Waals surface area contributed by atoms with Gasteiger partial charge in [-0.3, -0.25) is 9.59 Å². The molecule has 0 bridgehead atoms. The molecule has 1 aromatic heterocycles. The molecule has 2 aromatic carbocycles. The van der Waals surface area contributed by atoms with Crippen LogP contribution in [0.2, 0.25) is 5.02 Å². The van der Waals surface area contributed by atoms with E-state index in [1.54, 1.807) is 36.4 Å². The largest absolute Gasteiger partial charge is 0.325 e. The smallest absolute Gasteiger partial charge is 0.286 e. The van der Waals surface area contributed by atoms with Crippen LogP contribution in [0.5, 0.6) is 0 Å². The number of carbonyl (C=O) groups excluding carboxylic acids is 2. The minimum atomic E-state index is -0.328. The van der Waals surface area contributed by atoms with Gasteiger partial charge in [0.1, 0.15) is 0 Å². The minimum Gasteiger partial charge on any atom is -0.325 e. The Balaban J connectivity index is 1.51. The number of amides is 2. The van der Waals surface area contributed by atoms with E-state index in [9.17, 15) is 9.59 Å². The van der Waals surface area contributed by atoms with Crippen molar-refractivity contribution < 1.29 is 9.59 Å². The molecule has 132 valence electrons. The van der Waals surface area contributed by atoms with Crippen molar-refractivity contribution in [3.63, 3.8) is 0 Å².